The molecule has 1 fully saturated rings. The first-order chi connectivity index (χ1) is 15.7. The van der Waals surface area contributed by atoms with E-state index in [-0.39, 0.29) is 37.2 Å². The van der Waals surface area contributed by atoms with E-state index >= 15 is 0 Å². The minimum atomic E-state index is -1.38. The minimum Gasteiger partial charge on any atom is -0.492 e. The summed E-state index contributed by atoms with van der Waals surface area (Å²) in [5.74, 6) is 0.406. The van der Waals surface area contributed by atoms with E-state index in [0.29, 0.717) is 35.6 Å². The van der Waals surface area contributed by atoms with Gasteiger partial charge in [0.25, 0.3) is 5.91 Å². The highest BCUT2D eigenvalue weighted by atomic mass is 16.5. The van der Waals surface area contributed by atoms with Crippen molar-refractivity contribution in [3.8, 4) is 5.75 Å². The monoisotopic (exact) mass is 456 g/mol. The van der Waals surface area contributed by atoms with E-state index < -0.39 is 17.7 Å². The molecular weight excluding hydrogens is 428 g/mol. The number of anilines is 2. The summed E-state index contributed by atoms with van der Waals surface area (Å²) in [4.78, 5) is 27.2. The van der Waals surface area contributed by atoms with Crippen LogP contribution in [0.1, 0.15) is 29.7 Å². The van der Waals surface area contributed by atoms with E-state index in [9.17, 15) is 15.0 Å². The minimum absolute atomic E-state index is 0.0278. The first-order valence-electron chi connectivity index (χ1n) is 10.6. The third-order valence-corrected chi connectivity index (χ3v) is 5.77. The van der Waals surface area contributed by atoms with Crippen molar-refractivity contribution in [1.82, 2.24) is 24.4 Å². The van der Waals surface area contributed by atoms with Crippen molar-refractivity contribution in [1.29, 1.82) is 0 Å². The summed E-state index contributed by atoms with van der Waals surface area (Å²) >= 11 is 0. The van der Waals surface area contributed by atoms with Crippen molar-refractivity contribution in [3.63, 3.8) is 0 Å². The van der Waals surface area contributed by atoms with Gasteiger partial charge in [-0.1, -0.05) is 0 Å². The molecular formula is C21H28N8O4. The number of aromatic nitrogens is 4. The van der Waals surface area contributed by atoms with Crippen LogP contribution in [0.5, 0.6) is 5.75 Å². The number of likely N-dealkylation sites (tertiary alicyclic amines) is 1. The summed E-state index contributed by atoms with van der Waals surface area (Å²) in [6.07, 6.45) is 0.599. The zero-order valence-corrected chi connectivity index (χ0v) is 18.3. The van der Waals surface area contributed by atoms with E-state index in [4.69, 9.17) is 21.9 Å². The second kappa shape index (κ2) is 8.81. The van der Waals surface area contributed by atoms with Crippen molar-refractivity contribution >= 4 is 28.8 Å². The summed E-state index contributed by atoms with van der Waals surface area (Å²) < 4.78 is 7.09. The number of rotatable bonds is 5. The van der Waals surface area contributed by atoms with Crippen molar-refractivity contribution in [2.75, 3.05) is 37.7 Å². The Kier molecular flexibility index (Phi) is 6.06. The van der Waals surface area contributed by atoms with Gasteiger partial charge in [0.15, 0.2) is 11.5 Å². The summed E-state index contributed by atoms with van der Waals surface area (Å²) in [5, 5.41) is 21.8. The lowest BCUT2D eigenvalue weighted by molar-refractivity contribution is -0.0217. The average molecular weight is 457 g/mol. The van der Waals surface area contributed by atoms with Gasteiger partial charge in [-0.2, -0.15) is 9.97 Å². The molecule has 4 rings (SSSR count). The van der Waals surface area contributed by atoms with E-state index in [1.807, 2.05) is 0 Å². The van der Waals surface area contributed by atoms with Gasteiger partial charge in [-0.15, -0.1) is 0 Å². The Balaban J connectivity index is 1.67. The number of aliphatic hydroxyl groups excluding tert-OH is 1. The third-order valence-electron chi connectivity index (χ3n) is 5.77. The van der Waals surface area contributed by atoms with Gasteiger partial charge < -0.3 is 41.6 Å². The summed E-state index contributed by atoms with van der Waals surface area (Å²) in [7, 11) is 0. The number of nitrogens with two attached hydrogens (primary N) is 3. The zero-order chi connectivity index (χ0) is 23.8. The first kappa shape index (κ1) is 22.7. The summed E-state index contributed by atoms with van der Waals surface area (Å²) in [5.41, 5.74) is 16.9. The molecule has 0 bridgehead atoms. The molecule has 1 aliphatic heterocycles. The van der Waals surface area contributed by atoms with Gasteiger partial charge in [0, 0.05) is 31.6 Å². The Morgan fingerprint density at radius 2 is 1.97 bits per heavy atom. The molecule has 1 saturated heterocycles. The van der Waals surface area contributed by atoms with Crippen molar-refractivity contribution in [3.05, 3.63) is 36.2 Å². The Labute approximate surface area is 190 Å². The zero-order valence-electron chi connectivity index (χ0n) is 18.3. The molecule has 3 atom stereocenters. The highest BCUT2D eigenvalue weighted by Gasteiger charge is 2.42. The molecule has 0 aliphatic carbocycles. The van der Waals surface area contributed by atoms with Crippen molar-refractivity contribution in [2.45, 2.75) is 31.1 Å². The number of aliphatic hydroxyl groups is 2. The van der Waals surface area contributed by atoms with E-state index in [1.165, 1.54) is 11.2 Å². The topological polar surface area (TPSA) is 192 Å². The predicted octanol–water partition coefficient (Wildman–Crippen LogP) is -0.473. The molecule has 0 saturated carbocycles. The van der Waals surface area contributed by atoms with Gasteiger partial charge in [-0.3, -0.25) is 4.79 Å². The average Bonchev–Trinajstić information content (AvgIpc) is 3.12. The molecule has 1 aromatic carbocycles. The number of benzene rings is 1. The molecule has 0 unspecified atom stereocenters. The molecule has 0 radical (unpaired) electrons. The van der Waals surface area contributed by atoms with Crippen LogP contribution in [0.3, 0.4) is 0 Å². The molecule has 2 aromatic heterocycles. The molecule has 176 valence electrons. The number of nitrogen functional groups attached to an aromatic ring is 2. The van der Waals surface area contributed by atoms with Crippen LogP contribution in [-0.4, -0.2) is 78.5 Å². The molecule has 33 heavy (non-hydrogen) atoms. The predicted molar refractivity (Wildman–Crippen MR) is 121 cm³/mol. The number of fused-ring (bicyclic) bond motifs is 1. The van der Waals surface area contributed by atoms with Crippen LogP contribution in [0.4, 0.5) is 11.8 Å². The van der Waals surface area contributed by atoms with Crippen LogP contribution in [0.25, 0.3) is 11.2 Å². The normalized spacial score (nSPS) is 23.5. The number of imidazole rings is 1. The second-order valence-electron chi connectivity index (χ2n) is 8.39. The fourth-order valence-corrected chi connectivity index (χ4v) is 4.20. The number of hydrogen-bond acceptors (Lipinski definition) is 10. The summed E-state index contributed by atoms with van der Waals surface area (Å²) in [6, 6.07) is 6.01. The largest absolute Gasteiger partial charge is 0.492 e. The summed E-state index contributed by atoms with van der Waals surface area (Å²) in [6.45, 7) is 2.53. The standard InChI is InChI=1S/C21H28N8O4/c1-21(32)8-13(30)9-28(19(31)12-2-4-14(5-3-12)33-7-6-22)10-15(21)29-11-25-16-17(23)26-20(24)27-18(16)29/h2-5,11,13,15,30,32H,6-10,22H2,1H3,(H4,23,24,26,27)/t13-,15+,21+/m0/s1. The van der Waals surface area contributed by atoms with Crippen LogP contribution >= 0.6 is 0 Å². The van der Waals surface area contributed by atoms with Gasteiger partial charge >= 0.3 is 0 Å². The number of carbonyl (C=O) groups excluding carboxylic acids is 1. The molecule has 3 aromatic rings. The molecule has 1 amide bonds. The van der Waals surface area contributed by atoms with E-state index in [2.05, 4.69) is 15.0 Å². The van der Waals surface area contributed by atoms with Gasteiger partial charge in [-0.25, -0.2) is 4.98 Å². The van der Waals surface area contributed by atoms with E-state index in [0.717, 1.165) is 0 Å². The molecule has 3 heterocycles. The smallest absolute Gasteiger partial charge is 0.254 e. The number of amides is 1. The number of β-amino-alcohol motifs (C(OH)–C–C–N with tert-alkyl or cyclic N) is 1. The number of carbonyl (C=O) groups is 1. The number of hydrogen-bond donors (Lipinski definition) is 5. The maximum atomic E-state index is 13.3. The molecule has 12 heteroatoms. The van der Waals surface area contributed by atoms with E-state index in [1.54, 1.807) is 35.8 Å². The lowest BCUT2D eigenvalue weighted by Crippen LogP contribution is -2.42. The van der Waals surface area contributed by atoms with Crippen molar-refractivity contribution < 1.29 is 19.7 Å². The lowest BCUT2D eigenvalue weighted by atomic mass is 9.91. The lowest BCUT2D eigenvalue weighted by Gasteiger charge is -2.34. The molecule has 0 spiro atoms. The van der Waals surface area contributed by atoms with Gasteiger partial charge in [-0.05, 0) is 31.2 Å². The first-order valence-corrected chi connectivity index (χ1v) is 10.6. The Morgan fingerprint density at radius 3 is 2.67 bits per heavy atom. The maximum Gasteiger partial charge on any atom is 0.254 e. The number of nitrogens with zero attached hydrogens (tertiary/aromatic N) is 5. The quantitative estimate of drug-likeness (QED) is 0.335. The molecule has 1 aliphatic rings. The van der Waals surface area contributed by atoms with Crippen LogP contribution in [0.2, 0.25) is 0 Å². The third kappa shape index (κ3) is 4.53. The van der Waals surface area contributed by atoms with Gasteiger partial charge in [0.1, 0.15) is 17.9 Å². The number of ether oxygens (including phenoxy) is 1. The van der Waals surface area contributed by atoms with Crippen LogP contribution < -0.4 is 21.9 Å². The molecule has 12 nitrogen and oxygen atoms in total. The Hall–Kier alpha value is -3.48. The van der Waals surface area contributed by atoms with Gasteiger partial charge in [0.2, 0.25) is 5.95 Å². The van der Waals surface area contributed by atoms with Crippen molar-refractivity contribution in [2.24, 2.45) is 5.73 Å². The Morgan fingerprint density at radius 1 is 1.24 bits per heavy atom. The molecule has 8 N–H and O–H groups in total. The highest BCUT2D eigenvalue weighted by molar-refractivity contribution is 5.94. The van der Waals surface area contributed by atoms with Crippen LogP contribution in [0.15, 0.2) is 30.6 Å². The SMILES string of the molecule is C[C@@]1(O)C[C@H](O)CN(C(=O)c2ccc(OCCN)cc2)C[C@H]1n1cnc2c(N)nc(N)nc21. The Bertz CT molecular complexity index is 1150. The fourth-order valence-electron chi connectivity index (χ4n) is 4.20. The van der Waals surface area contributed by atoms with Gasteiger partial charge in [0.05, 0.1) is 24.1 Å². The fraction of sp³-hybridized carbons (Fsp3) is 0.429. The van der Waals surface area contributed by atoms with Crippen LogP contribution in [-0.2, 0) is 0 Å². The maximum absolute atomic E-state index is 13.3. The van der Waals surface area contributed by atoms with Crippen LogP contribution in [0, 0.1) is 0 Å². The highest BCUT2D eigenvalue weighted by Crippen LogP contribution is 2.34. The second-order valence-corrected chi connectivity index (χ2v) is 8.39.